The van der Waals surface area contributed by atoms with Gasteiger partial charge in [0.2, 0.25) is 5.22 Å². The smallest absolute Gasteiger partial charge is 0.205 e. The summed E-state index contributed by atoms with van der Waals surface area (Å²) < 4.78 is 5.06. The third-order valence-electron chi connectivity index (χ3n) is 1.16. The normalized spacial score (nSPS) is 11.3. The second-order valence-electron chi connectivity index (χ2n) is 2.09. The Bertz CT molecular complexity index is 299. The van der Waals surface area contributed by atoms with E-state index in [1.807, 2.05) is 0 Å². The molecule has 0 radical (unpaired) electrons. The first-order chi connectivity index (χ1) is 5.72. The lowest BCUT2D eigenvalue weighted by atomic mass is 10.3. The minimum Gasteiger partial charge on any atom is -0.444 e. The van der Waals surface area contributed by atoms with E-state index >= 15 is 0 Å². The highest BCUT2D eigenvalue weighted by Gasteiger charge is 1.95. The zero-order valence-electron chi connectivity index (χ0n) is 6.13. The predicted octanol–water partition coefficient (Wildman–Crippen LogP) is 2.92. The van der Waals surface area contributed by atoms with Gasteiger partial charge in [-0.05, 0) is 23.7 Å². The Balaban J connectivity index is 2.76. The molecule has 0 saturated heterocycles. The van der Waals surface area contributed by atoms with Gasteiger partial charge in [0.05, 0.1) is 5.54 Å². The van der Waals surface area contributed by atoms with Gasteiger partial charge in [0.1, 0.15) is 5.75 Å². The number of rotatable bonds is 2. The molecule has 0 aromatic heterocycles. The van der Waals surface area contributed by atoms with Crippen LogP contribution in [0.4, 0.5) is 5.69 Å². The molecule has 1 aromatic rings. The monoisotopic (exact) mass is 203 g/mol. The number of halogens is 2. The van der Waals surface area contributed by atoms with E-state index in [1.165, 1.54) is 0 Å². The molecule has 0 saturated carbocycles. The van der Waals surface area contributed by atoms with Crippen molar-refractivity contribution in [3.8, 4) is 5.75 Å². The highest BCUT2D eigenvalue weighted by atomic mass is 35.5. The van der Waals surface area contributed by atoms with Gasteiger partial charge in [-0.3, -0.25) is 0 Å². The molecule has 0 aliphatic carbocycles. The summed E-state index contributed by atoms with van der Waals surface area (Å²) in [6.45, 7) is 0. The van der Waals surface area contributed by atoms with Crippen LogP contribution in [0.15, 0.2) is 35.0 Å². The van der Waals surface area contributed by atoms with Crippen LogP contribution < -0.4 is 10.5 Å². The van der Waals surface area contributed by atoms with Crippen LogP contribution >= 0.6 is 23.2 Å². The molecule has 0 heterocycles. The predicted molar refractivity (Wildman–Crippen MR) is 51.3 cm³/mol. The topological polar surface area (TPSA) is 35.2 Å². The van der Waals surface area contributed by atoms with Gasteiger partial charge < -0.3 is 10.5 Å². The molecule has 4 heteroatoms. The van der Waals surface area contributed by atoms with Gasteiger partial charge in [0.25, 0.3) is 0 Å². The molecular weight excluding hydrogens is 197 g/mol. The van der Waals surface area contributed by atoms with E-state index in [0.717, 1.165) is 5.54 Å². The first kappa shape index (κ1) is 9.23. The van der Waals surface area contributed by atoms with Gasteiger partial charge in [-0.15, -0.1) is 0 Å². The maximum atomic E-state index is 5.52. The Kier molecular flexibility index (Phi) is 3.26. The summed E-state index contributed by atoms with van der Waals surface area (Å²) in [4.78, 5) is 0. The summed E-state index contributed by atoms with van der Waals surface area (Å²) in [5.41, 5.74) is 7.26. The third kappa shape index (κ3) is 2.64. The molecule has 2 N–H and O–H groups in total. The van der Waals surface area contributed by atoms with E-state index in [1.54, 1.807) is 24.3 Å². The van der Waals surface area contributed by atoms with Crippen LogP contribution in [0.3, 0.4) is 0 Å². The van der Waals surface area contributed by atoms with Gasteiger partial charge >= 0.3 is 0 Å². The number of hydrogen-bond acceptors (Lipinski definition) is 2. The van der Waals surface area contributed by atoms with Crippen molar-refractivity contribution in [2.24, 2.45) is 0 Å². The minimum atomic E-state index is 0.113. The summed E-state index contributed by atoms with van der Waals surface area (Å²) in [5, 5.41) is 0.113. The zero-order chi connectivity index (χ0) is 8.97. The van der Waals surface area contributed by atoms with Crippen LogP contribution in [0.2, 0.25) is 0 Å². The Labute approximate surface area is 80.5 Å². The van der Waals surface area contributed by atoms with E-state index in [2.05, 4.69) is 0 Å². The fraction of sp³-hybridized carbons (Fsp3) is 0. The fourth-order valence-electron chi connectivity index (χ4n) is 0.713. The van der Waals surface area contributed by atoms with Crippen molar-refractivity contribution in [1.82, 2.24) is 0 Å². The summed E-state index contributed by atoms with van der Waals surface area (Å²) >= 11 is 10.8. The first-order valence-corrected chi connectivity index (χ1v) is 4.03. The Morgan fingerprint density at radius 2 is 2.25 bits per heavy atom. The highest BCUT2D eigenvalue weighted by molar-refractivity contribution is 6.35. The lowest BCUT2D eigenvalue weighted by Crippen LogP contribution is -1.89. The molecule has 2 nitrogen and oxygen atoms in total. The molecule has 0 fully saturated rings. The first-order valence-electron chi connectivity index (χ1n) is 3.21. The number of ether oxygens (including phenoxy) is 1. The third-order valence-corrected chi connectivity index (χ3v) is 1.66. The molecule has 64 valence electrons. The molecule has 0 bridgehead atoms. The quantitative estimate of drug-likeness (QED) is 0.593. The summed E-state index contributed by atoms with van der Waals surface area (Å²) in [6.07, 6.45) is 0. The van der Waals surface area contributed by atoms with Crippen LogP contribution in [-0.4, -0.2) is 0 Å². The van der Waals surface area contributed by atoms with Gasteiger partial charge in [0.15, 0.2) is 0 Å². The standard InChI is InChI=1S/C8H7Cl2NO/c9-5-8(10)12-7-3-1-2-6(11)4-7/h1-5H,11H2. The molecule has 0 spiro atoms. The average Bonchev–Trinajstić information content (AvgIpc) is 2.04. The van der Waals surface area contributed by atoms with Crippen LogP contribution in [0.5, 0.6) is 5.75 Å². The lowest BCUT2D eigenvalue weighted by Gasteiger charge is -2.02. The molecule has 12 heavy (non-hydrogen) atoms. The maximum Gasteiger partial charge on any atom is 0.205 e. The number of hydrogen-bond donors (Lipinski definition) is 1. The number of nitrogens with two attached hydrogens (primary N) is 1. The van der Waals surface area contributed by atoms with Gasteiger partial charge in [-0.1, -0.05) is 17.7 Å². The molecular formula is C8H7Cl2NO. The van der Waals surface area contributed by atoms with Crippen molar-refractivity contribution in [2.75, 3.05) is 5.73 Å². The fourth-order valence-corrected chi connectivity index (χ4v) is 0.847. The Morgan fingerprint density at radius 1 is 1.50 bits per heavy atom. The molecule has 0 amide bonds. The minimum absolute atomic E-state index is 0.113. The summed E-state index contributed by atoms with van der Waals surface area (Å²) in [7, 11) is 0. The van der Waals surface area contributed by atoms with Crippen LogP contribution in [0.25, 0.3) is 0 Å². The van der Waals surface area contributed by atoms with E-state index in [4.69, 9.17) is 33.7 Å². The largest absolute Gasteiger partial charge is 0.444 e. The summed E-state index contributed by atoms with van der Waals surface area (Å²) in [5.74, 6) is 0.567. The SMILES string of the molecule is Nc1cccc(OC(Cl)=CCl)c1. The van der Waals surface area contributed by atoms with Crippen molar-refractivity contribution in [3.05, 3.63) is 35.0 Å². The van der Waals surface area contributed by atoms with Crippen molar-refractivity contribution in [1.29, 1.82) is 0 Å². The zero-order valence-corrected chi connectivity index (χ0v) is 7.64. The van der Waals surface area contributed by atoms with Crippen molar-refractivity contribution >= 4 is 28.9 Å². The van der Waals surface area contributed by atoms with Crippen molar-refractivity contribution < 1.29 is 4.74 Å². The molecule has 1 aromatic carbocycles. The van der Waals surface area contributed by atoms with Crippen LogP contribution in [0.1, 0.15) is 0 Å². The van der Waals surface area contributed by atoms with Gasteiger partial charge in [-0.25, -0.2) is 0 Å². The van der Waals surface area contributed by atoms with Gasteiger partial charge in [-0.2, -0.15) is 0 Å². The van der Waals surface area contributed by atoms with Crippen molar-refractivity contribution in [2.45, 2.75) is 0 Å². The van der Waals surface area contributed by atoms with E-state index in [9.17, 15) is 0 Å². The average molecular weight is 204 g/mol. The number of nitrogen functional groups attached to an aromatic ring is 1. The lowest BCUT2D eigenvalue weighted by molar-refractivity contribution is 0.464. The molecule has 0 atom stereocenters. The number of anilines is 1. The number of benzene rings is 1. The van der Waals surface area contributed by atoms with E-state index in [-0.39, 0.29) is 5.22 Å². The summed E-state index contributed by atoms with van der Waals surface area (Å²) in [6, 6.07) is 6.91. The molecule has 0 aliphatic heterocycles. The Hall–Kier alpha value is -0.860. The molecule has 0 unspecified atom stereocenters. The van der Waals surface area contributed by atoms with E-state index in [0.29, 0.717) is 11.4 Å². The van der Waals surface area contributed by atoms with Crippen LogP contribution in [-0.2, 0) is 0 Å². The second kappa shape index (κ2) is 4.24. The van der Waals surface area contributed by atoms with Gasteiger partial charge in [0, 0.05) is 11.8 Å². The second-order valence-corrected chi connectivity index (χ2v) is 2.68. The Morgan fingerprint density at radius 3 is 2.83 bits per heavy atom. The maximum absolute atomic E-state index is 5.52. The van der Waals surface area contributed by atoms with Crippen molar-refractivity contribution in [3.63, 3.8) is 0 Å². The van der Waals surface area contributed by atoms with E-state index < -0.39 is 0 Å². The van der Waals surface area contributed by atoms with Crippen LogP contribution in [0, 0.1) is 0 Å². The molecule has 1 rings (SSSR count). The molecule has 0 aliphatic rings. The highest BCUT2D eigenvalue weighted by Crippen LogP contribution is 2.18.